The molecule has 1 aliphatic heterocycles. The number of hydrogen-bond acceptors (Lipinski definition) is 9. The van der Waals surface area contributed by atoms with Crippen molar-refractivity contribution in [2.24, 2.45) is 0 Å². The van der Waals surface area contributed by atoms with Gasteiger partial charge in [-0.25, -0.2) is 9.97 Å². The Morgan fingerprint density at radius 3 is 2.51 bits per heavy atom. The van der Waals surface area contributed by atoms with E-state index in [0.29, 0.717) is 10.8 Å². The van der Waals surface area contributed by atoms with Crippen LogP contribution in [0.4, 0.5) is 24.7 Å². The van der Waals surface area contributed by atoms with Crippen LogP contribution in [0.15, 0.2) is 70.5 Å². The van der Waals surface area contributed by atoms with E-state index in [-0.39, 0.29) is 17.3 Å². The summed E-state index contributed by atoms with van der Waals surface area (Å²) in [6, 6.07) is 12.8. The number of methoxy groups -OCH3 is 1. The molecule has 0 spiro atoms. The Morgan fingerprint density at radius 2 is 1.73 bits per heavy atom. The van der Waals surface area contributed by atoms with E-state index in [1.54, 1.807) is 19.5 Å². The number of alkyl halides is 3. The molecule has 0 atom stereocenters. The molecule has 0 aliphatic carbocycles. The average Bonchev–Trinajstić information content (AvgIpc) is 3.41. The Kier molecular flexibility index (Phi) is 7.17. The lowest BCUT2D eigenvalue weighted by Gasteiger charge is -2.37. The first-order valence-electron chi connectivity index (χ1n) is 11.5. The Balaban J connectivity index is 1.24. The van der Waals surface area contributed by atoms with Crippen LogP contribution >= 0.6 is 11.8 Å². The van der Waals surface area contributed by atoms with Crippen molar-refractivity contribution >= 4 is 23.3 Å². The van der Waals surface area contributed by atoms with Crippen LogP contribution in [0.2, 0.25) is 0 Å². The Morgan fingerprint density at radius 1 is 0.973 bits per heavy atom. The summed E-state index contributed by atoms with van der Waals surface area (Å²) >= 11 is 1.39. The van der Waals surface area contributed by atoms with Gasteiger partial charge in [0, 0.05) is 44.1 Å². The van der Waals surface area contributed by atoms with Gasteiger partial charge in [0.1, 0.15) is 10.8 Å². The standard InChI is InChI=1S/C25H23F3N6O2S/c1-35-20-8-3-2-7-19(20)33-11-13-34(14-12-33)23-24(30-10-9-29-23)37-16-21-31-22(32-36-21)17-5-4-6-18(15-17)25(26,27)28/h2-10,15H,11-14,16H2,1H3. The number of halogens is 3. The second kappa shape index (κ2) is 10.7. The zero-order chi connectivity index (χ0) is 25.8. The van der Waals surface area contributed by atoms with E-state index in [2.05, 4.69) is 36.0 Å². The fraction of sp³-hybridized carbons (Fsp3) is 0.280. The highest BCUT2D eigenvalue weighted by atomic mass is 32.2. The summed E-state index contributed by atoms with van der Waals surface area (Å²) in [6.07, 6.45) is -1.16. The second-order valence-corrected chi connectivity index (χ2v) is 9.17. The fourth-order valence-corrected chi connectivity index (χ4v) is 4.91. The van der Waals surface area contributed by atoms with Crippen molar-refractivity contribution in [2.75, 3.05) is 43.1 Å². The average molecular weight is 529 g/mol. The molecule has 37 heavy (non-hydrogen) atoms. The van der Waals surface area contributed by atoms with Gasteiger partial charge in [0.2, 0.25) is 11.7 Å². The third-order valence-electron chi connectivity index (χ3n) is 5.90. The monoisotopic (exact) mass is 528 g/mol. The van der Waals surface area contributed by atoms with Crippen molar-refractivity contribution in [1.29, 1.82) is 0 Å². The number of hydrogen-bond donors (Lipinski definition) is 0. The van der Waals surface area contributed by atoms with Gasteiger partial charge in [-0.05, 0) is 24.3 Å². The molecule has 2 aromatic heterocycles. The summed E-state index contributed by atoms with van der Waals surface area (Å²) in [7, 11) is 1.67. The van der Waals surface area contributed by atoms with E-state index in [1.807, 2.05) is 18.2 Å². The van der Waals surface area contributed by atoms with E-state index < -0.39 is 11.7 Å². The number of rotatable bonds is 7. The van der Waals surface area contributed by atoms with Crippen molar-refractivity contribution in [2.45, 2.75) is 17.0 Å². The highest BCUT2D eigenvalue weighted by Crippen LogP contribution is 2.33. The number of benzene rings is 2. The minimum Gasteiger partial charge on any atom is -0.495 e. The number of anilines is 2. The van der Waals surface area contributed by atoms with E-state index in [1.165, 1.54) is 23.9 Å². The van der Waals surface area contributed by atoms with Crippen molar-refractivity contribution in [1.82, 2.24) is 20.1 Å². The zero-order valence-corrected chi connectivity index (χ0v) is 20.7. The third kappa shape index (κ3) is 5.63. The van der Waals surface area contributed by atoms with Gasteiger partial charge in [0.25, 0.3) is 0 Å². The predicted molar refractivity (Wildman–Crippen MR) is 134 cm³/mol. The molecule has 1 aliphatic rings. The number of ether oxygens (including phenoxy) is 1. The van der Waals surface area contributed by atoms with Crippen LogP contribution in [0.5, 0.6) is 5.75 Å². The molecule has 8 nitrogen and oxygen atoms in total. The number of thioether (sulfide) groups is 1. The Hall–Kier alpha value is -3.80. The first kappa shape index (κ1) is 24.9. The lowest BCUT2D eigenvalue weighted by atomic mass is 10.1. The molecule has 3 heterocycles. The van der Waals surface area contributed by atoms with Crippen molar-refractivity contribution < 1.29 is 22.4 Å². The molecule has 4 aromatic rings. The maximum atomic E-state index is 13.0. The quantitative estimate of drug-likeness (QED) is 0.302. The third-order valence-corrected chi connectivity index (χ3v) is 6.85. The van der Waals surface area contributed by atoms with Gasteiger partial charge in [-0.3, -0.25) is 0 Å². The first-order valence-corrected chi connectivity index (χ1v) is 12.5. The smallest absolute Gasteiger partial charge is 0.416 e. The molecule has 0 saturated carbocycles. The summed E-state index contributed by atoms with van der Waals surface area (Å²) in [5.41, 5.74) is 0.537. The molecule has 192 valence electrons. The van der Waals surface area contributed by atoms with Crippen LogP contribution in [0.25, 0.3) is 11.4 Å². The fourth-order valence-electron chi connectivity index (χ4n) is 4.08. The van der Waals surface area contributed by atoms with E-state index in [4.69, 9.17) is 9.26 Å². The molecular weight excluding hydrogens is 505 g/mol. The normalized spacial score (nSPS) is 14.2. The predicted octanol–water partition coefficient (Wildman–Crippen LogP) is 5.17. The number of piperazine rings is 1. The number of para-hydroxylation sites is 2. The molecular formula is C25H23F3N6O2S. The maximum absolute atomic E-state index is 13.0. The second-order valence-electron chi connectivity index (χ2n) is 8.21. The SMILES string of the molecule is COc1ccccc1N1CCN(c2nccnc2SCc2nc(-c3cccc(C(F)(F)F)c3)no2)CC1. The van der Waals surface area contributed by atoms with Gasteiger partial charge in [-0.2, -0.15) is 18.2 Å². The molecule has 2 aromatic carbocycles. The zero-order valence-electron chi connectivity index (χ0n) is 19.9. The molecule has 5 rings (SSSR count). The molecule has 0 unspecified atom stereocenters. The van der Waals surface area contributed by atoms with Gasteiger partial charge < -0.3 is 19.1 Å². The highest BCUT2D eigenvalue weighted by Gasteiger charge is 2.31. The van der Waals surface area contributed by atoms with Crippen LogP contribution in [-0.2, 0) is 11.9 Å². The molecule has 0 amide bonds. The Labute approximate surface area is 215 Å². The summed E-state index contributed by atoms with van der Waals surface area (Å²) in [6.45, 7) is 3.10. The first-order chi connectivity index (χ1) is 17.9. The van der Waals surface area contributed by atoms with E-state index >= 15 is 0 Å². The van der Waals surface area contributed by atoms with E-state index in [9.17, 15) is 13.2 Å². The number of aromatic nitrogens is 4. The van der Waals surface area contributed by atoms with Crippen LogP contribution in [-0.4, -0.2) is 53.4 Å². The van der Waals surface area contributed by atoms with E-state index in [0.717, 1.165) is 55.6 Å². The molecule has 1 fully saturated rings. The Bertz CT molecular complexity index is 1360. The molecule has 0 bridgehead atoms. The molecule has 12 heteroatoms. The van der Waals surface area contributed by atoms with Crippen LogP contribution in [0.1, 0.15) is 11.5 Å². The van der Waals surface area contributed by atoms with Gasteiger partial charge in [-0.1, -0.05) is 41.2 Å². The summed E-state index contributed by atoms with van der Waals surface area (Å²) < 4.78 is 49.9. The lowest BCUT2D eigenvalue weighted by Crippen LogP contribution is -2.47. The molecule has 1 saturated heterocycles. The topological polar surface area (TPSA) is 80.4 Å². The summed E-state index contributed by atoms with van der Waals surface area (Å²) in [4.78, 5) is 17.8. The van der Waals surface area contributed by atoms with Gasteiger partial charge in [0.15, 0.2) is 5.82 Å². The van der Waals surface area contributed by atoms with Crippen molar-refractivity contribution in [3.63, 3.8) is 0 Å². The van der Waals surface area contributed by atoms with Crippen LogP contribution in [0, 0.1) is 0 Å². The van der Waals surface area contributed by atoms with Gasteiger partial charge in [0.05, 0.1) is 24.1 Å². The molecule has 0 radical (unpaired) electrons. The highest BCUT2D eigenvalue weighted by molar-refractivity contribution is 7.98. The van der Waals surface area contributed by atoms with Gasteiger partial charge >= 0.3 is 6.18 Å². The molecule has 0 N–H and O–H groups in total. The van der Waals surface area contributed by atoms with Crippen LogP contribution in [0.3, 0.4) is 0 Å². The minimum absolute atomic E-state index is 0.105. The number of nitrogens with zero attached hydrogens (tertiary/aromatic N) is 6. The minimum atomic E-state index is -4.44. The summed E-state index contributed by atoms with van der Waals surface area (Å²) in [5, 5.41) is 4.57. The summed E-state index contributed by atoms with van der Waals surface area (Å²) in [5.74, 6) is 2.31. The maximum Gasteiger partial charge on any atom is 0.416 e. The lowest BCUT2D eigenvalue weighted by molar-refractivity contribution is -0.137. The van der Waals surface area contributed by atoms with Crippen molar-refractivity contribution in [3.05, 3.63) is 72.4 Å². The van der Waals surface area contributed by atoms with Crippen LogP contribution < -0.4 is 14.5 Å². The van der Waals surface area contributed by atoms with Crippen molar-refractivity contribution in [3.8, 4) is 17.1 Å². The largest absolute Gasteiger partial charge is 0.495 e. The van der Waals surface area contributed by atoms with Gasteiger partial charge in [-0.15, -0.1) is 0 Å².